The van der Waals surface area contributed by atoms with Crippen molar-refractivity contribution in [1.82, 2.24) is 0 Å². The summed E-state index contributed by atoms with van der Waals surface area (Å²) >= 11 is 1.64. The number of non-ortho nitro benzene ring substituents is 1. The molecule has 1 aromatic carbocycles. The third kappa shape index (κ3) is 5.01. The van der Waals surface area contributed by atoms with E-state index in [1.807, 2.05) is 29.6 Å². The normalized spacial score (nSPS) is 11.8. The fourth-order valence-corrected chi connectivity index (χ4v) is 3.41. The minimum atomic E-state index is -0.485. The molecule has 0 aliphatic heterocycles. The lowest BCUT2D eigenvalue weighted by Crippen LogP contribution is -3.10. The summed E-state index contributed by atoms with van der Waals surface area (Å²) in [5.74, 6) is 0.600. The summed E-state index contributed by atoms with van der Waals surface area (Å²) in [6.45, 7) is 1.50. The molecule has 0 saturated carbocycles. The number of nitro benzene ring substituents is 1. The van der Waals surface area contributed by atoms with Gasteiger partial charge in [-0.2, -0.15) is 0 Å². The zero-order chi connectivity index (χ0) is 18.4. The van der Waals surface area contributed by atoms with Gasteiger partial charge < -0.3 is 14.6 Å². The van der Waals surface area contributed by atoms with Gasteiger partial charge >= 0.3 is 0 Å². The summed E-state index contributed by atoms with van der Waals surface area (Å²) in [6, 6.07) is 13.6. The molecule has 0 spiro atoms. The van der Waals surface area contributed by atoms with Crippen LogP contribution in [0.2, 0.25) is 0 Å². The standard InChI is InChI=1S/C18H17N3O4S/c22-18(19-14-4-1-5-15(10-14)21(23)24)13-20(11-16-6-2-8-25-16)12-17-7-3-9-26-17/h1-10H,11-13H2,(H,19,22)/p+1. The highest BCUT2D eigenvalue weighted by atomic mass is 32.1. The fraction of sp³-hybridized carbons (Fsp3) is 0.167. The number of nitro groups is 1. The zero-order valence-corrected chi connectivity index (χ0v) is 14.7. The van der Waals surface area contributed by atoms with Crippen LogP contribution in [-0.2, 0) is 17.9 Å². The number of nitrogens with one attached hydrogen (secondary N) is 2. The SMILES string of the molecule is O=C(C[NH+](Cc1ccco1)Cc1cccs1)Nc1cccc([N+](=O)[O-])c1. The highest BCUT2D eigenvalue weighted by Crippen LogP contribution is 2.16. The van der Waals surface area contributed by atoms with E-state index in [4.69, 9.17) is 4.42 Å². The molecule has 0 bridgehead atoms. The summed E-state index contributed by atoms with van der Waals surface area (Å²) < 4.78 is 5.40. The minimum absolute atomic E-state index is 0.0545. The van der Waals surface area contributed by atoms with Crippen LogP contribution in [0.5, 0.6) is 0 Å². The number of anilines is 1. The van der Waals surface area contributed by atoms with Gasteiger partial charge in [0.25, 0.3) is 11.6 Å². The summed E-state index contributed by atoms with van der Waals surface area (Å²) in [5.41, 5.74) is 0.360. The lowest BCUT2D eigenvalue weighted by molar-refractivity contribution is -0.920. The first kappa shape index (κ1) is 17.8. The molecule has 2 N–H and O–H groups in total. The van der Waals surface area contributed by atoms with Crippen LogP contribution in [0.15, 0.2) is 64.6 Å². The van der Waals surface area contributed by atoms with E-state index in [9.17, 15) is 14.9 Å². The Morgan fingerprint density at radius 2 is 2.08 bits per heavy atom. The van der Waals surface area contributed by atoms with Crippen LogP contribution in [0.25, 0.3) is 0 Å². The average Bonchev–Trinajstić information content (AvgIpc) is 3.29. The van der Waals surface area contributed by atoms with E-state index in [2.05, 4.69) is 5.32 Å². The van der Waals surface area contributed by atoms with Crippen molar-refractivity contribution in [2.24, 2.45) is 0 Å². The van der Waals surface area contributed by atoms with E-state index in [0.29, 0.717) is 18.8 Å². The Morgan fingerprint density at radius 1 is 1.19 bits per heavy atom. The Labute approximate surface area is 154 Å². The molecule has 0 radical (unpaired) electrons. The number of hydrogen-bond donors (Lipinski definition) is 2. The fourth-order valence-electron chi connectivity index (χ4n) is 2.64. The van der Waals surface area contributed by atoms with Gasteiger partial charge in [0.05, 0.1) is 16.1 Å². The van der Waals surface area contributed by atoms with E-state index in [1.54, 1.807) is 29.7 Å². The van der Waals surface area contributed by atoms with Gasteiger partial charge in [-0.15, -0.1) is 11.3 Å². The molecule has 2 aromatic heterocycles. The summed E-state index contributed by atoms with van der Waals surface area (Å²) in [6.07, 6.45) is 1.61. The summed E-state index contributed by atoms with van der Waals surface area (Å²) in [4.78, 5) is 25.0. The van der Waals surface area contributed by atoms with Crippen LogP contribution >= 0.6 is 11.3 Å². The maximum atomic E-state index is 12.4. The largest absolute Gasteiger partial charge is 0.463 e. The van der Waals surface area contributed by atoms with E-state index in [1.165, 1.54) is 17.0 Å². The maximum absolute atomic E-state index is 12.4. The topological polar surface area (TPSA) is 89.8 Å². The van der Waals surface area contributed by atoms with Crippen molar-refractivity contribution in [3.8, 4) is 0 Å². The first-order chi connectivity index (χ1) is 12.6. The second-order valence-electron chi connectivity index (χ2n) is 5.79. The van der Waals surface area contributed by atoms with Gasteiger partial charge in [-0.25, -0.2) is 0 Å². The molecule has 1 atom stereocenters. The number of carbonyl (C=O) groups is 1. The lowest BCUT2D eigenvalue weighted by atomic mass is 10.2. The molecule has 26 heavy (non-hydrogen) atoms. The highest BCUT2D eigenvalue weighted by Gasteiger charge is 2.18. The number of amides is 1. The van der Waals surface area contributed by atoms with Gasteiger partial charge in [0.15, 0.2) is 12.3 Å². The first-order valence-electron chi connectivity index (χ1n) is 8.03. The van der Waals surface area contributed by atoms with Gasteiger partial charge in [-0.1, -0.05) is 12.1 Å². The molecule has 1 amide bonds. The Balaban J connectivity index is 1.66. The van der Waals surface area contributed by atoms with Gasteiger partial charge in [0.2, 0.25) is 0 Å². The Hall–Kier alpha value is -2.97. The maximum Gasteiger partial charge on any atom is 0.279 e. The number of furan rings is 1. The molecule has 0 fully saturated rings. The molecular formula is C18H18N3O4S+. The Bertz CT molecular complexity index is 826. The number of nitrogens with zero attached hydrogens (tertiary/aromatic N) is 1. The second-order valence-corrected chi connectivity index (χ2v) is 6.83. The molecule has 7 nitrogen and oxygen atoms in total. The van der Waals surface area contributed by atoms with Gasteiger partial charge in [0.1, 0.15) is 13.1 Å². The minimum Gasteiger partial charge on any atom is -0.463 e. The van der Waals surface area contributed by atoms with Crippen molar-refractivity contribution in [2.75, 3.05) is 11.9 Å². The van der Waals surface area contributed by atoms with Gasteiger partial charge in [0, 0.05) is 17.8 Å². The van der Waals surface area contributed by atoms with Crippen molar-refractivity contribution < 1.29 is 19.0 Å². The summed E-state index contributed by atoms with van der Waals surface area (Å²) in [5, 5.41) is 15.6. The first-order valence-corrected chi connectivity index (χ1v) is 8.91. The quantitative estimate of drug-likeness (QED) is 0.470. The van der Waals surface area contributed by atoms with Crippen LogP contribution in [0.4, 0.5) is 11.4 Å². The molecule has 1 unspecified atom stereocenters. The monoisotopic (exact) mass is 372 g/mol. The molecule has 8 heteroatoms. The van der Waals surface area contributed by atoms with Gasteiger partial charge in [-0.3, -0.25) is 14.9 Å². The molecule has 3 aromatic rings. The average molecular weight is 372 g/mol. The third-order valence-corrected chi connectivity index (χ3v) is 4.64. The van der Waals surface area contributed by atoms with E-state index in [-0.39, 0.29) is 18.1 Å². The van der Waals surface area contributed by atoms with Crippen molar-refractivity contribution in [3.05, 3.63) is 80.9 Å². The van der Waals surface area contributed by atoms with Crippen LogP contribution in [-0.4, -0.2) is 17.4 Å². The molecule has 0 saturated heterocycles. The van der Waals surface area contributed by atoms with Crippen LogP contribution in [0.3, 0.4) is 0 Å². The molecule has 0 aliphatic carbocycles. The van der Waals surface area contributed by atoms with Crippen molar-refractivity contribution >= 4 is 28.6 Å². The molecule has 134 valence electrons. The van der Waals surface area contributed by atoms with Crippen LogP contribution < -0.4 is 10.2 Å². The highest BCUT2D eigenvalue weighted by molar-refractivity contribution is 7.09. The molecule has 2 heterocycles. The molecular weight excluding hydrogens is 354 g/mol. The van der Waals surface area contributed by atoms with E-state index in [0.717, 1.165) is 10.7 Å². The van der Waals surface area contributed by atoms with Crippen molar-refractivity contribution in [1.29, 1.82) is 0 Å². The Kier molecular flexibility index (Phi) is 5.77. The predicted octanol–water partition coefficient (Wildman–Crippen LogP) is 2.47. The van der Waals surface area contributed by atoms with Crippen LogP contribution in [0.1, 0.15) is 10.6 Å². The molecule has 3 rings (SSSR count). The number of benzene rings is 1. The zero-order valence-electron chi connectivity index (χ0n) is 13.9. The van der Waals surface area contributed by atoms with Crippen LogP contribution in [0, 0.1) is 10.1 Å². The number of rotatable bonds is 8. The number of thiophene rings is 1. The van der Waals surface area contributed by atoms with E-state index >= 15 is 0 Å². The summed E-state index contributed by atoms with van der Waals surface area (Å²) in [7, 11) is 0. The third-order valence-electron chi connectivity index (χ3n) is 3.76. The number of quaternary nitrogens is 1. The number of hydrogen-bond acceptors (Lipinski definition) is 5. The van der Waals surface area contributed by atoms with Gasteiger partial charge in [-0.05, 0) is 29.6 Å². The molecule has 0 aliphatic rings. The predicted molar refractivity (Wildman–Crippen MR) is 98.0 cm³/mol. The Morgan fingerprint density at radius 3 is 2.77 bits per heavy atom. The number of carbonyl (C=O) groups excluding carboxylic acids is 1. The van der Waals surface area contributed by atoms with Crippen molar-refractivity contribution in [3.63, 3.8) is 0 Å². The van der Waals surface area contributed by atoms with Crippen molar-refractivity contribution in [2.45, 2.75) is 13.1 Å². The smallest absolute Gasteiger partial charge is 0.279 e. The second kappa shape index (κ2) is 8.41. The lowest BCUT2D eigenvalue weighted by Gasteiger charge is -2.17. The van der Waals surface area contributed by atoms with E-state index < -0.39 is 4.92 Å².